The van der Waals surface area contributed by atoms with E-state index >= 15 is 0 Å². The summed E-state index contributed by atoms with van der Waals surface area (Å²) in [6.07, 6.45) is 1.34. The van der Waals surface area contributed by atoms with Gasteiger partial charge in [-0.1, -0.05) is 12.1 Å². The number of ether oxygens (including phenoxy) is 2. The molecule has 0 saturated carbocycles. The van der Waals surface area contributed by atoms with Gasteiger partial charge in [-0.15, -0.1) is 0 Å². The van der Waals surface area contributed by atoms with Gasteiger partial charge in [-0.05, 0) is 44.9 Å². The Morgan fingerprint density at radius 1 is 1.20 bits per heavy atom. The van der Waals surface area contributed by atoms with E-state index in [1.54, 1.807) is 32.9 Å². The van der Waals surface area contributed by atoms with Crippen LogP contribution < -0.4 is 4.74 Å². The molecule has 0 atom stereocenters. The van der Waals surface area contributed by atoms with Crippen LogP contribution in [-0.4, -0.2) is 30.3 Å². The lowest BCUT2D eigenvalue weighted by molar-refractivity contribution is -0.107. The summed E-state index contributed by atoms with van der Waals surface area (Å²) in [5.41, 5.74) is 0.458. The van der Waals surface area contributed by atoms with Crippen molar-refractivity contribution in [3.8, 4) is 5.75 Å². The summed E-state index contributed by atoms with van der Waals surface area (Å²) in [5, 5.41) is 7.00. The highest BCUT2D eigenvalue weighted by atomic mass is 16.7. The molecule has 0 unspecified atom stereocenters. The third-order valence-electron chi connectivity index (χ3n) is 2.06. The highest BCUT2D eigenvalue weighted by Crippen LogP contribution is 2.15. The van der Waals surface area contributed by atoms with Crippen LogP contribution in [0.5, 0.6) is 5.75 Å². The predicted molar refractivity (Wildman–Crippen MR) is 75.8 cm³/mol. The van der Waals surface area contributed by atoms with Gasteiger partial charge in [0.2, 0.25) is 0 Å². The lowest BCUT2D eigenvalue weighted by Crippen LogP contribution is -2.25. The number of hydrogen-bond donors (Lipinski definition) is 1. The molecule has 0 spiro atoms. The van der Waals surface area contributed by atoms with E-state index in [9.17, 15) is 9.59 Å². The molecule has 112 valence electrons. The van der Waals surface area contributed by atoms with Crippen molar-refractivity contribution in [2.24, 2.45) is 0 Å². The van der Waals surface area contributed by atoms with Crippen molar-refractivity contribution < 1.29 is 24.2 Å². The second-order valence-corrected chi connectivity index (χ2v) is 4.92. The minimum atomic E-state index is -0.719. The fourth-order valence-corrected chi connectivity index (χ4v) is 1.32. The van der Waals surface area contributed by atoms with E-state index in [4.69, 9.17) is 14.6 Å². The van der Waals surface area contributed by atoms with Gasteiger partial charge in [0.05, 0.1) is 0 Å². The first-order chi connectivity index (χ1) is 9.40. The Bertz CT molecular complexity index is 403. The Morgan fingerprint density at radius 2 is 1.75 bits per heavy atom. The number of carbonyl (C=O) groups excluding carboxylic acids is 2. The van der Waals surface area contributed by atoms with Crippen LogP contribution in [0.1, 0.15) is 32.8 Å². The van der Waals surface area contributed by atoms with Gasteiger partial charge in [-0.25, -0.2) is 4.79 Å². The molecule has 1 N–H and O–H groups in total. The summed E-state index contributed by atoms with van der Waals surface area (Å²) in [7, 11) is 1.00. The standard InChI is InChI=1S/C14H18O4.CH4O/c1-14(2,3)18-13(16)17-12-8-6-11(7-9-12)5-4-10-15;1-2/h6-10H,4-5H2,1-3H3;2H,1H3. The monoisotopic (exact) mass is 282 g/mol. The van der Waals surface area contributed by atoms with Crippen molar-refractivity contribution in [2.75, 3.05) is 7.11 Å². The number of aliphatic hydroxyl groups excluding tert-OH is 1. The molecule has 0 fully saturated rings. The fourth-order valence-electron chi connectivity index (χ4n) is 1.32. The van der Waals surface area contributed by atoms with Crippen LogP contribution in [0.2, 0.25) is 0 Å². The van der Waals surface area contributed by atoms with Crippen LogP contribution in [-0.2, 0) is 16.0 Å². The Hall–Kier alpha value is -1.88. The molecule has 5 nitrogen and oxygen atoms in total. The average Bonchev–Trinajstić information content (AvgIpc) is 2.38. The van der Waals surface area contributed by atoms with Crippen LogP contribution in [0.4, 0.5) is 4.79 Å². The Balaban J connectivity index is 0.00000172. The first kappa shape index (κ1) is 18.1. The molecule has 0 amide bonds. The summed E-state index contributed by atoms with van der Waals surface area (Å²) in [6, 6.07) is 7.01. The zero-order valence-electron chi connectivity index (χ0n) is 12.4. The number of carbonyl (C=O) groups is 2. The molecule has 0 aliphatic rings. The number of aldehydes is 1. The maximum atomic E-state index is 11.4. The molecule has 0 radical (unpaired) electrons. The van der Waals surface area contributed by atoms with Gasteiger partial charge >= 0.3 is 6.16 Å². The fraction of sp³-hybridized carbons (Fsp3) is 0.467. The molecule has 0 aliphatic carbocycles. The van der Waals surface area contributed by atoms with E-state index < -0.39 is 11.8 Å². The number of benzene rings is 1. The lowest BCUT2D eigenvalue weighted by atomic mass is 10.1. The second kappa shape index (κ2) is 9.09. The van der Waals surface area contributed by atoms with E-state index in [1.807, 2.05) is 12.1 Å². The highest BCUT2D eigenvalue weighted by molar-refractivity contribution is 5.64. The maximum Gasteiger partial charge on any atom is 0.514 e. The van der Waals surface area contributed by atoms with Crippen molar-refractivity contribution in [1.82, 2.24) is 0 Å². The molecule has 0 aromatic heterocycles. The minimum Gasteiger partial charge on any atom is -0.428 e. The van der Waals surface area contributed by atoms with Crippen LogP contribution in [0, 0.1) is 0 Å². The summed E-state index contributed by atoms with van der Waals surface area (Å²) in [4.78, 5) is 21.6. The van der Waals surface area contributed by atoms with Gasteiger partial charge in [0.25, 0.3) is 0 Å². The van der Waals surface area contributed by atoms with Crippen LogP contribution >= 0.6 is 0 Å². The molecule has 0 bridgehead atoms. The molecular formula is C15H22O5. The Kier molecular flexibility index (Phi) is 8.24. The van der Waals surface area contributed by atoms with Crippen molar-refractivity contribution in [3.05, 3.63) is 29.8 Å². The van der Waals surface area contributed by atoms with Crippen molar-refractivity contribution in [2.45, 2.75) is 39.2 Å². The van der Waals surface area contributed by atoms with Gasteiger partial charge in [0.15, 0.2) is 0 Å². The molecule has 0 saturated heterocycles. The third kappa shape index (κ3) is 8.26. The van der Waals surface area contributed by atoms with Gasteiger partial charge in [0, 0.05) is 13.5 Å². The normalized spacial score (nSPS) is 10.1. The third-order valence-corrected chi connectivity index (χ3v) is 2.06. The topological polar surface area (TPSA) is 72.8 Å². The molecule has 20 heavy (non-hydrogen) atoms. The predicted octanol–water partition coefficient (Wildman–Crippen LogP) is 2.74. The lowest BCUT2D eigenvalue weighted by Gasteiger charge is -2.18. The number of aliphatic hydroxyl groups is 1. The minimum absolute atomic E-state index is 0.430. The van der Waals surface area contributed by atoms with E-state index in [0.29, 0.717) is 18.6 Å². The van der Waals surface area contributed by atoms with Gasteiger partial charge in [-0.3, -0.25) is 0 Å². The number of hydrogen-bond acceptors (Lipinski definition) is 5. The van der Waals surface area contributed by atoms with Crippen molar-refractivity contribution >= 4 is 12.4 Å². The summed E-state index contributed by atoms with van der Waals surface area (Å²) in [5.74, 6) is 0.430. The SMILES string of the molecule is CC(C)(C)OC(=O)Oc1ccc(CCC=O)cc1.CO. The van der Waals surface area contributed by atoms with Crippen molar-refractivity contribution in [3.63, 3.8) is 0 Å². The molecule has 5 heteroatoms. The first-order valence-corrected chi connectivity index (χ1v) is 6.29. The van der Waals surface area contributed by atoms with Gasteiger partial charge in [-0.2, -0.15) is 0 Å². The summed E-state index contributed by atoms with van der Waals surface area (Å²) >= 11 is 0. The first-order valence-electron chi connectivity index (χ1n) is 6.29. The summed E-state index contributed by atoms with van der Waals surface area (Å²) < 4.78 is 10.0. The molecule has 1 rings (SSSR count). The van der Waals surface area contributed by atoms with Gasteiger partial charge < -0.3 is 19.4 Å². The van der Waals surface area contributed by atoms with Crippen LogP contribution in [0.15, 0.2) is 24.3 Å². The van der Waals surface area contributed by atoms with Gasteiger partial charge in [0.1, 0.15) is 17.6 Å². The van der Waals surface area contributed by atoms with E-state index in [2.05, 4.69) is 0 Å². The Labute approximate surface area is 119 Å². The van der Waals surface area contributed by atoms with Crippen LogP contribution in [0.25, 0.3) is 0 Å². The zero-order chi connectivity index (χ0) is 15.6. The molecule has 0 aliphatic heterocycles. The molecule has 0 heterocycles. The van der Waals surface area contributed by atoms with E-state index in [1.165, 1.54) is 0 Å². The number of rotatable bonds is 4. The van der Waals surface area contributed by atoms with Crippen molar-refractivity contribution in [1.29, 1.82) is 0 Å². The van der Waals surface area contributed by atoms with E-state index in [0.717, 1.165) is 19.0 Å². The highest BCUT2D eigenvalue weighted by Gasteiger charge is 2.17. The smallest absolute Gasteiger partial charge is 0.428 e. The average molecular weight is 282 g/mol. The zero-order valence-corrected chi connectivity index (χ0v) is 12.4. The molecular weight excluding hydrogens is 260 g/mol. The maximum absolute atomic E-state index is 11.4. The second-order valence-electron chi connectivity index (χ2n) is 4.92. The van der Waals surface area contributed by atoms with E-state index in [-0.39, 0.29) is 0 Å². The number of aryl methyl sites for hydroxylation is 1. The Morgan fingerprint density at radius 3 is 2.20 bits per heavy atom. The van der Waals surface area contributed by atoms with Crippen LogP contribution in [0.3, 0.4) is 0 Å². The quantitative estimate of drug-likeness (QED) is 0.522. The largest absolute Gasteiger partial charge is 0.514 e. The molecule has 1 aromatic rings. The molecule has 1 aromatic carbocycles. The summed E-state index contributed by atoms with van der Waals surface area (Å²) in [6.45, 7) is 5.32.